The summed E-state index contributed by atoms with van der Waals surface area (Å²) in [6.45, 7) is 9.66. The van der Waals surface area contributed by atoms with Gasteiger partial charge in [-0.2, -0.15) is 0 Å². The van der Waals surface area contributed by atoms with Crippen molar-refractivity contribution in [2.45, 2.75) is 39.0 Å². The fraction of sp³-hybridized carbons (Fsp3) is 1.00. The van der Waals surface area contributed by atoms with Crippen molar-refractivity contribution in [2.24, 2.45) is 0 Å². The minimum Gasteiger partial charge on any atom is -0.374 e. The highest BCUT2D eigenvalue weighted by molar-refractivity contribution is 4.80. The maximum Gasteiger partial charge on any atom is 0.0852 e. The molecule has 3 heteroatoms. The van der Waals surface area contributed by atoms with E-state index in [1.165, 1.54) is 0 Å². The monoisotopic (exact) mass is 186 g/mol. The highest BCUT2D eigenvalue weighted by Crippen LogP contribution is 2.11. The summed E-state index contributed by atoms with van der Waals surface area (Å²) in [4.78, 5) is 2.47. The molecule has 13 heavy (non-hydrogen) atoms. The predicted octanol–water partition coefficient (Wildman–Crippen LogP) is 0.703. The second-order valence-corrected chi connectivity index (χ2v) is 4.08. The molecule has 78 valence electrons. The summed E-state index contributed by atoms with van der Waals surface area (Å²) < 4.78 is 5.71. The first-order valence-electron chi connectivity index (χ1n) is 5.18. The Morgan fingerprint density at radius 1 is 1.38 bits per heavy atom. The van der Waals surface area contributed by atoms with Crippen LogP contribution in [0.3, 0.4) is 0 Å². The van der Waals surface area contributed by atoms with E-state index in [1.54, 1.807) is 0 Å². The van der Waals surface area contributed by atoms with Gasteiger partial charge >= 0.3 is 0 Å². The lowest BCUT2D eigenvalue weighted by molar-refractivity contribution is -0.0514. The largest absolute Gasteiger partial charge is 0.374 e. The third kappa shape index (κ3) is 2.93. The molecule has 1 N–H and O–H groups in total. The van der Waals surface area contributed by atoms with Crippen LogP contribution in [0.1, 0.15) is 20.8 Å². The first kappa shape index (κ1) is 11.0. The minimum absolute atomic E-state index is 0.348. The number of nitrogens with one attached hydrogen (secondary N) is 1. The van der Waals surface area contributed by atoms with Gasteiger partial charge in [0.1, 0.15) is 0 Å². The topological polar surface area (TPSA) is 24.5 Å². The lowest BCUT2D eigenvalue weighted by atomic mass is 10.1. The Balaban J connectivity index is 2.41. The fourth-order valence-corrected chi connectivity index (χ4v) is 1.65. The van der Waals surface area contributed by atoms with Crippen LogP contribution in [0.15, 0.2) is 0 Å². The number of hydrogen-bond acceptors (Lipinski definition) is 3. The van der Waals surface area contributed by atoms with E-state index in [4.69, 9.17) is 4.74 Å². The second kappa shape index (κ2) is 4.94. The van der Waals surface area contributed by atoms with Crippen molar-refractivity contribution in [2.75, 3.05) is 26.7 Å². The van der Waals surface area contributed by atoms with Crippen LogP contribution in [0.25, 0.3) is 0 Å². The molecule has 1 aliphatic heterocycles. The molecule has 2 unspecified atom stereocenters. The molecule has 0 aromatic rings. The van der Waals surface area contributed by atoms with Crippen LogP contribution in [0.5, 0.6) is 0 Å². The van der Waals surface area contributed by atoms with Gasteiger partial charge in [-0.3, -0.25) is 4.90 Å². The van der Waals surface area contributed by atoms with Gasteiger partial charge in [-0.05, 0) is 27.8 Å². The van der Waals surface area contributed by atoms with Gasteiger partial charge in [0, 0.05) is 25.2 Å². The van der Waals surface area contributed by atoms with Crippen molar-refractivity contribution < 1.29 is 4.74 Å². The quantitative estimate of drug-likeness (QED) is 0.702. The highest BCUT2D eigenvalue weighted by Gasteiger charge is 2.25. The maximum absolute atomic E-state index is 5.71. The Labute approximate surface area is 81.4 Å². The lowest BCUT2D eigenvalue weighted by Crippen LogP contribution is -2.52. The molecule has 0 saturated carbocycles. The Kier molecular flexibility index (Phi) is 4.16. The Morgan fingerprint density at radius 3 is 2.62 bits per heavy atom. The summed E-state index contributed by atoms with van der Waals surface area (Å²) >= 11 is 0. The zero-order chi connectivity index (χ0) is 9.84. The Bertz CT molecular complexity index is 150. The normalized spacial score (nSPS) is 27.9. The maximum atomic E-state index is 5.71. The van der Waals surface area contributed by atoms with E-state index < -0.39 is 0 Å². The molecule has 0 amide bonds. The summed E-state index contributed by atoms with van der Waals surface area (Å²) in [6, 6.07) is 1.08. The molecule has 2 atom stereocenters. The number of nitrogens with zero attached hydrogens (tertiary/aromatic N) is 1. The molecule has 0 aliphatic carbocycles. The molecular formula is C10H22N2O. The molecule has 0 spiro atoms. The number of hydrogen-bond donors (Lipinski definition) is 1. The summed E-state index contributed by atoms with van der Waals surface area (Å²) in [6.07, 6.45) is 0.348. The summed E-state index contributed by atoms with van der Waals surface area (Å²) in [5.74, 6) is 0. The SMILES string of the molecule is CNC(C)C1CN(C(C)C)CCO1. The number of morpholine rings is 1. The first-order chi connectivity index (χ1) is 6.15. The van der Waals surface area contributed by atoms with E-state index in [9.17, 15) is 0 Å². The van der Waals surface area contributed by atoms with E-state index in [1.807, 2.05) is 7.05 Å². The summed E-state index contributed by atoms with van der Waals surface area (Å²) in [5.41, 5.74) is 0. The molecule has 0 radical (unpaired) electrons. The zero-order valence-corrected chi connectivity index (χ0v) is 9.21. The number of rotatable bonds is 3. The van der Waals surface area contributed by atoms with Crippen LogP contribution in [0.4, 0.5) is 0 Å². The molecule has 1 rings (SSSR count). The van der Waals surface area contributed by atoms with Crippen LogP contribution < -0.4 is 5.32 Å². The summed E-state index contributed by atoms with van der Waals surface area (Å²) in [5, 5.41) is 3.24. The van der Waals surface area contributed by atoms with Crippen molar-refractivity contribution in [1.29, 1.82) is 0 Å². The third-order valence-electron chi connectivity index (χ3n) is 2.87. The molecule has 3 nitrogen and oxygen atoms in total. The van der Waals surface area contributed by atoms with Crippen molar-refractivity contribution in [3.63, 3.8) is 0 Å². The average Bonchev–Trinajstić information content (AvgIpc) is 2.17. The molecule has 0 aromatic heterocycles. The van der Waals surface area contributed by atoms with E-state index >= 15 is 0 Å². The van der Waals surface area contributed by atoms with Gasteiger partial charge in [0.2, 0.25) is 0 Å². The molecule has 1 heterocycles. The van der Waals surface area contributed by atoms with Crippen LogP contribution in [0, 0.1) is 0 Å². The molecular weight excluding hydrogens is 164 g/mol. The highest BCUT2D eigenvalue weighted by atomic mass is 16.5. The Morgan fingerprint density at radius 2 is 2.08 bits per heavy atom. The fourth-order valence-electron chi connectivity index (χ4n) is 1.65. The Hall–Kier alpha value is -0.120. The first-order valence-corrected chi connectivity index (χ1v) is 5.18. The van der Waals surface area contributed by atoms with Crippen LogP contribution in [-0.2, 0) is 4.74 Å². The third-order valence-corrected chi connectivity index (χ3v) is 2.87. The smallest absolute Gasteiger partial charge is 0.0852 e. The van der Waals surface area contributed by atoms with E-state index in [0.29, 0.717) is 18.2 Å². The molecule has 1 aliphatic rings. The average molecular weight is 186 g/mol. The second-order valence-electron chi connectivity index (χ2n) is 4.08. The van der Waals surface area contributed by atoms with Crippen molar-refractivity contribution in [3.8, 4) is 0 Å². The van der Waals surface area contributed by atoms with E-state index in [0.717, 1.165) is 19.7 Å². The van der Waals surface area contributed by atoms with Gasteiger partial charge in [0.05, 0.1) is 12.7 Å². The lowest BCUT2D eigenvalue weighted by Gasteiger charge is -2.37. The van der Waals surface area contributed by atoms with Gasteiger partial charge in [-0.1, -0.05) is 0 Å². The number of ether oxygens (including phenoxy) is 1. The summed E-state index contributed by atoms with van der Waals surface area (Å²) in [7, 11) is 1.99. The zero-order valence-electron chi connectivity index (χ0n) is 9.21. The van der Waals surface area contributed by atoms with Crippen LogP contribution in [-0.4, -0.2) is 49.8 Å². The van der Waals surface area contributed by atoms with E-state index in [-0.39, 0.29) is 0 Å². The molecule has 0 bridgehead atoms. The van der Waals surface area contributed by atoms with Gasteiger partial charge in [0.15, 0.2) is 0 Å². The van der Waals surface area contributed by atoms with Gasteiger partial charge in [0.25, 0.3) is 0 Å². The van der Waals surface area contributed by atoms with Gasteiger partial charge < -0.3 is 10.1 Å². The minimum atomic E-state index is 0.348. The van der Waals surface area contributed by atoms with Gasteiger partial charge in [-0.15, -0.1) is 0 Å². The van der Waals surface area contributed by atoms with Crippen molar-refractivity contribution in [1.82, 2.24) is 10.2 Å². The van der Waals surface area contributed by atoms with Crippen LogP contribution >= 0.6 is 0 Å². The predicted molar refractivity (Wildman–Crippen MR) is 55.0 cm³/mol. The van der Waals surface area contributed by atoms with Crippen molar-refractivity contribution in [3.05, 3.63) is 0 Å². The molecule has 1 fully saturated rings. The van der Waals surface area contributed by atoms with E-state index in [2.05, 4.69) is 31.0 Å². The molecule has 1 saturated heterocycles. The van der Waals surface area contributed by atoms with Crippen molar-refractivity contribution >= 4 is 0 Å². The standard InChI is InChI=1S/C10H22N2O/c1-8(2)12-5-6-13-10(7-12)9(3)11-4/h8-11H,5-7H2,1-4H3. The van der Waals surface area contributed by atoms with Crippen LogP contribution in [0.2, 0.25) is 0 Å². The molecule has 0 aromatic carbocycles. The number of likely N-dealkylation sites (N-methyl/N-ethyl adjacent to an activating group) is 1. The van der Waals surface area contributed by atoms with Gasteiger partial charge in [-0.25, -0.2) is 0 Å².